The van der Waals surface area contributed by atoms with Gasteiger partial charge >= 0.3 is 5.97 Å². The average molecular weight is 382 g/mol. The predicted octanol–water partition coefficient (Wildman–Crippen LogP) is 3.20. The van der Waals surface area contributed by atoms with Gasteiger partial charge in [-0.25, -0.2) is 4.79 Å². The summed E-state index contributed by atoms with van der Waals surface area (Å²) in [6.07, 6.45) is 1.49. The topological polar surface area (TPSA) is 79.5 Å². The highest BCUT2D eigenvalue weighted by Crippen LogP contribution is 2.23. The van der Waals surface area contributed by atoms with Gasteiger partial charge in [-0.3, -0.25) is 14.5 Å². The lowest BCUT2D eigenvalue weighted by Gasteiger charge is -2.30. The van der Waals surface area contributed by atoms with E-state index >= 15 is 0 Å². The van der Waals surface area contributed by atoms with Gasteiger partial charge in [0.1, 0.15) is 0 Å². The van der Waals surface area contributed by atoms with Crippen LogP contribution in [0.25, 0.3) is 0 Å². The molecule has 1 aromatic heterocycles. The lowest BCUT2D eigenvalue weighted by molar-refractivity contribution is 0.0599. The number of carbonyl (C=O) groups excluding carboxylic acids is 3. The number of likely N-dealkylation sites (tertiary alicyclic amines) is 1. The minimum absolute atomic E-state index is 0.00847. The molecule has 0 radical (unpaired) electrons. The van der Waals surface area contributed by atoms with E-state index in [0.29, 0.717) is 35.6 Å². The number of Topliss-reactive ketones (excluding diaryl/α,β-unsaturated/α-hetero) is 2. The molecule has 1 N–H and O–H groups in total. The van der Waals surface area contributed by atoms with Crippen molar-refractivity contribution in [1.29, 1.82) is 0 Å². The minimum Gasteiger partial charge on any atom is -0.465 e. The number of piperidine rings is 1. The lowest BCUT2D eigenvalue weighted by Crippen LogP contribution is -2.39. The number of benzene rings is 1. The molecule has 28 heavy (non-hydrogen) atoms. The Labute approximate surface area is 164 Å². The number of methoxy groups -OCH3 is 1. The molecule has 0 unspecified atom stereocenters. The lowest BCUT2D eigenvalue weighted by atomic mass is 9.89. The first-order chi connectivity index (χ1) is 13.4. The fraction of sp³-hybridized carbons (Fsp3) is 0.409. The number of ketones is 2. The molecular formula is C22H26N2O4. The van der Waals surface area contributed by atoms with Crippen molar-refractivity contribution in [3.8, 4) is 0 Å². The van der Waals surface area contributed by atoms with E-state index in [9.17, 15) is 14.4 Å². The zero-order chi connectivity index (χ0) is 20.3. The number of ether oxygens (including phenoxy) is 1. The molecule has 0 aliphatic carbocycles. The molecule has 0 spiro atoms. The van der Waals surface area contributed by atoms with Crippen molar-refractivity contribution in [2.45, 2.75) is 26.7 Å². The number of nitrogens with zero attached hydrogens (tertiary/aromatic N) is 1. The predicted molar refractivity (Wildman–Crippen MR) is 106 cm³/mol. The standard InChI is InChI=1S/C22H26N2O4/c1-14-19(22(27)28-3)15(2)23-20(14)18(25)13-24-11-9-17(10-12-24)21(26)16-7-5-4-6-8-16/h4-8,17,23H,9-13H2,1-3H3. The van der Waals surface area contributed by atoms with Gasteiger partial charge < -0.3 is 9.72 Å². The molecule has 148 valence electrons. The Bertz CT molecular complexity index is 877. The molecule has 2 heterocycles. The van der Waals surface area contributed by atoms with E-state index in [1.54, 1.807) is 13.8 Å². The van der Waals surface area contributed by atoms with E-state index in [1.807, 2.05) is 30.3 Å². The van der Waals surface area contributed by atoms with Gasteiger partial charge in [-0.05, 0) is 45.3 Å². The number of carbonyl (C=O) groups is 3. The number of esters is 1. The van der Waals surface area contributed by atoms with Crippen LogP contribution < -0.4 is 0 Å². The van der Waals surface area contributed by atoms with Gasteiger partial charge in [0.2, 0.25) is 0 Å². The summed E-state index contributed by atoms with van der Waals surface area (Å²) in [7, 11) is 1.33. The second-order valence-electron chi connectivity index (χ2n) is 7.32. The number of rotatable bonds is 6. The first-order valence-electron chi connectivity index (χ1n) is 9.54. The van der Waals surface area contributed by atoms with Crippen molar-refractivity contribution in [2.75, 3.05) is 26.7 Å². The first kappa shape index (κ1) is 20.0. The number of aromatic nitrogens is 1. The van der Waals surface area contributed by atoms with Crippen LogP contribution in [0.4, 0.5) is 0 Å². The largest absolute Gasteiger partial charge is 0.465 e. The number of nitrogens with one attached hydrogen (secondary N) is 1. The highest BCUT2D eigenvalue weighted by atomic mass is 16.5. The summed E-state index contributed by atoms with van der Waals surface area (Å²) in [5, 5.41) is 0. The molecule has 1 aliphatic rings. The monoisotopic (exact) mass is 382 g/mol. The number of hydrogen-bond acceptors (Lipinski definition) is 5. The quantitative estimate of drug-likeness (QED) is 0.613. The molecule has 1 aliphatic heterocycles. The first-order valence-corrected chi connectivity index (χ1v) is 9.54. The summed E-state index contributed by atoms with van der Waals surface area (Å²) < 4.78 is 4.80. The van der Waals surface area contributed by atoms with E-state index in [0.717, 1.165) is 18.4 Å². The Kier molecular flexibility index (Phi) is 6.09. The summed E-state index contributed by atoms with van der Waals surface area (Å²) in [5.74, 6) is -0.298. The minimum atomic E-state index is -0.439. The van der Waals surface area contributed by atoms with E-state index < -0.39 is 5.97 Å². The number of aryl methyl sites for hydroxylation is 1. The van der Waals surface area contributed by atoms with Crippen molar-refractivity contribution < 1.29 is 19.1 Å². The van der Waals surface area contributed by atoms with Gasteiger partial charge in [0.25, 0.3) is 0 Å². The average Bonchev–Trinajstić information content (AvgIpc) is 3.02. The van der Waals surface area contributed by atoms with E-state index in [2.05, 4.69) is 9.88 Å². The van der Waals surface area contributed by atoms with Crippen LogP contribution in [0, 0.1) is 19.8 Å². The fourth-order valence-electron chi connectivity index (χ4n) is 3.91. The summed E-state index contributed by atoms with van der Waals surface area (Å²) in [6, 6.07) is 9.37. The van der Waals surface area contributed by atoms with Gasteiger partial charge in [-0.15, -0.1) is 0 Å². The molecule has 0 amide bonds. The van der Waals surface area contributed by atoms with Crippen molar-refractivity contribution in [3.05, 3.63) is 58.4 Å². The second-order valence-corrected chi connectivity index (χ2v) is 7.32. The summed E-state index contributed by atoms with van der Waals surface area (Å²) >= 11 is 0. The summed E-state index contributed by atoms with van der Waals surface area (Å²) in [6.45, 7) is 5.20. The van der Waals surface area contributed by atoms with Crippen molar-refractivity contribution in [3.63, 3.8) is 0 Å². The second kappa shape index (κ2) is 8.52. The fourth-order valence-corrected chi connectivity index (χ4v) is 3.91. The molecule has 1 aromatic carbocycles. The van der Waals surface area contributed by atoms with E-state index in [1.165, 1.54) is 7.11 Å². The van der Waals surface area contributed by atoms with Crippen LogP contribution in [-0.4, -0.2) is 54.2 Å². The van der Waals surface area contributed by atoms with Crippen LogP contribution >= 0.6 is 0 Å². The maximum atomic E-state index is 12.8. The number of hydrogen-bond donors (Lipinski definition) is 1. The van der Waals surface area contributed by atoms with Crippen molar-refractivity contribution >= 4 is 17.5 Å². The Balaban J connectivity index is 1.60. The molecule has 0 bridgehead atoms. The van der Waals surface area contributed by atoms with E-state index in [-0.39, 0.29) is 24.0 Å². The third-order valence-corrected chi connectivity index (χ3v) is 5.49. The van der Waals surface area contributed by atoms with Crippen LogP contribution in [0.3, 0.4) is 0 Å². The molecule has 2 aromatic rings. The van der Waals surface area contributed by atoms with Crippen LogP contribution in [0.15, 0.2) is 30.3 Å². The molecule has 3 rings (SSSR count). The van der Waals surface area contributed by atoms with Crippen molar-refractivity contribution in [2.24, 2.45) is 5.92 Å². The highest BCUT2D eigenvalue weighted by Gasteiger charge is 2.28. The highest BCUT2D eigenvalue weighted by molar-refractivity contribution is 6.02. The molecule has 6 heteroatoms. The van der Waals surface area contributed by atoms with Crippen LogP contribution in [0.1, 0.15) is 55.3 Å². The third kappa shape index (κ3) is 4.07. The number of H-pyrrole nitrogens is 1. The Morgan fingerprint density at radius 1 is 1.11 bits per heavy atom. The SMILES string of the molecule is COC(=O)c1c(C)[nH]c(C(=O)CN2CCC(C(=O)c3ccccc3)CC2)c1C. The number of aromatic amines is 1. The van der Waals surface area contributed by atoms with Gasteiger partial charge in [-0.2, -0.15) is 0 Å². The zero-order valence-corrected chi connectivity index (χ0v) is 16.6. The molecule has 1 saturated heterocycles. The summed E-state index contributed by atoms with van der Waals surface area (Å²) in [5.41, 5.74) is 2.91. The smallest absolute Gasteiger partial charge is 0.339 e. The zero-order valence-electron chi connectivity index (χ0n) is 16.6. The van der Waals surface area contributed by atoms with Gasteiger partial charge in [0.05, 0.1) is 24.9 Å². The maximum absolute atomic E-state index is 12.8. The summed E-state index contributed by atoms with van der Waals surface area (Å²) in [4.78, 5) is 42.4. The Morgan fingerprint density at radius 2 is 1.75 bits per heavy atom. The molecule has 1 fully saturated rings. The molecule has 6 nitrogen and oxygen atoms in total. The van der Waals surface area contributed by atoms with Crippen LogP contribution in [0.5, 0.6) is 0 Å². The van der Waals surface area contributed by atoms with Crippen LogP contribution in [0.2, 0.25) is 0 Å². The van der Waals surface area contributed by atoms with Crippen molar-refractivity contribution in [1.82, 2.24) is 9.88 Å². The maximum Gasteiger partial charge on any atom is 0.339 e. The third-order valence-electron chi connectivity index (χ3n) is 5.49. The Morgan fingerprint density at radius 3 is 2.36 bits per heavy atom. The van der Waals surface area contributed by atoms with Crippen LogP contribution in [-0.2, 0) is 4.74 Å². The van der Waals surface area contributed by atoms with Gasteiger partial charge in [0, 0.05) is 17.2 Å². The molecule has 0 atom stereocenters. The van der Waals surface area contributed by atoms with E-state index in [4.69, 9.17) is 4.74 Å². The van der Waals surface area contributed by atoms with Gasteiger partial charge in [0.15, 0.2) is 11.6 Å². The normalized spacial score (nSPS) is 15.4. The molecule has 0 saturated carbocycles. The Hall–Kier alpha value is -2.73. The van der Waals surface area contributed by atoms with Gasteiger partial charge in [-0.1, -0.05) is 30.3 Å². The molecular weight excluding hydrogens is 356 g/mol.